The number of carbonyl (C=O) groups is 1. The molecular weight excluding hydrogens is 185 g/mol. The van der Waals surface area contributed by atoms with Crippen molar-refractivity contribution in [2.45, 2.75) is 25.7 Å². The van der Waals surface area contributed by atoms with Crippen molar-refractivity contribution < 1.29 is 18.0 Å². The minimum atomic E-state index is -4.55. The molecule has 1 aliphatic rings. The summed E-state index contributed by atoms with van der Waals surface area (Å²) >= 11 is 0. The Hall–Kier alpha value is -0.780. The number of carbonyl (C=O) groups excluding carboxylic acids is 1. The van der Waals surface area contributed by atoms with Gasteiger partial charge in [-0.1, -0.05) is 0 Å². The molecule has 1 N–H and O–H groups in total. The first-order valence-electron chi connectivity index (χ1n) is 4.00. The van der Waals surface area contributed by atoms with Gasteiger partial charge in [0, 0.05) is 13.5 Å². The maximum atomic E-state index is 12.3. The molecule has 1 fully saturated rings. The zero-order chi connectivity index (χ0) is 10.1. The van der Waals surface area contributed by atoms with E-state index in [0.717, 1.165) is 6.92 Å². The molecule has 1 amide bonds. The number of nitrogens with zero attached hydrogens (tertiary/aromatic N) is 1. The summed E-state index contributed by atoms with van der Waals surface area (Å²) in [6, 6.07) is -0.738. The topological polar surface area (TPSA) is 32.3 Å². The van der Waals surface area contributed by atoms with Crippen LogP contribution < -0.4 is 5.32 Å². The number of amides is 1. The number of halogens is 3. The summed E-state index contributed by atoms with van der Waals surface area (Å²) in [6.45, 7) is 1.69. The van der Waals surface area contributed by atoms with Gasteiger partial charge in [-0.25, -0.2) is 4.90 Å². The number of rotatable bonds is 1. The second-order valence-corrected chi connectivity index (χ2v) is 3.00. The summed E-state index contributed by atoms with van der Waals surface area (Å²) in [4.78, 5) is 10.7. The summed E-state index contributed by atoms with van der Waals surface area (Å²) < 4.78 is 36.9. The summed E-state index contributed by atoms with van der Waals surface area (Å²) in [6.07, 6.45) is -4.19. The van der Waals surface area contributed by atoms with E-state index in [1.54, 1.807) is 0 Å². The van der Waals surface area contributed by atoms with E-state index in [1.807, 2.05) is 0 Å². The second-order valence-electron chi connectivity index (χ2n) is 3.00. The molecule has 0 aromatic rings. The Labute approximate surface area is 73.9 Å². The van der Waals surface area contributed by atoms with Gasteiger partial charge in [0.25, 0.3) is 0 Å². The first kappa shape index (κ1) is 10.3. The predicted molar refractivity (Wildman–Crippen MR) is 39.8 cm³/mol. The molecule has 1 aliphatic heterocycles. The maximum absolute atomic E-state index is 12.3. The Morgan fingerprint density at radius 2 is 2.15 bits per heavy atom. The Kier molecular flexibility index (Phi) is 2.80. The zero-order valence-corrected chi connectivity index (χ0v) is 7.19. The highest BCUT2D eigenvalue weighted by Crippen LogP contribution is 2.26. The normalized spacial score (nSPS) is 23.2. The molecule has 0 radical (unpaired) electrons. The van der Waals surface area contributed by atoms with Crippen molar-refractivity contribution >= 4 is 5.91 Å². The van der Waals surface area contributed by atoms with Gasteiger partial charge in [-0.15, -0.1) is 13.2 Å². The Morgan fingerprint density at radius 1 is 1.54 bits per heavy atom. The van der Waals surface area contributed by atoms with Crippen molar-refractivity contribution in [2.24, 2.45) is 0 Å². The van der Waals surface area contributed by atoms with E-state index in [0.29, 0.717) is 13.0 Å². The van der Waals surface area contributed by atoms with E-state index in [9.17, 15) is 18.0 Å². The number of nitrogens with one attached hydrogen (secondary N) is 1. The summed E-state index contributed by atoms with van der Waals surface area (Å²) in [5.41, 5.74) is 0. The van der Waals surface area contributed by atoms with Crippen LogP contribution in [0.4, 0.5) is 13.2 Å². The third-order valence-electron chi connectivity index (χ3n) is 2.01. The fraction of sp³-hybridized carbons (Fsp3) is 0.857. The van der Waals surface area contributed by atoms with Gasteiger partial charge in [-0.2, -0.15) is 0 Å². The van der Waals surface area contributed by atoms with Crippen LogP contribution in [-0.4, -0.2) is 36.2 Å². The molecule has 0 unspecified atom stereocenters. The molecule has 1 rings (SSSR count). The molecule has 1 heterocycles. The minimum absolute atomic E-state index is 0.00694. The van der Waals surface area contributed by atoms with Crippen molar-refractivity contribution in [1.82, 2.24) is 10.2 Å². The summed E-state index contributed by atoms with van der Waals surface area (Å²) in [7, 11) is 0. The van der Waals surface area contributed by atoms with Crippen molar-refractivity contribution in [1.29, 1.82) is 0 Å². The van der Waals surface area contributed by atoms with Crippen LogP contribution in [0.1, 0.15) is 13.3 Å². The predicted octanol–water partition coefficient (Wildman–Crippen LogP) is 0.717. The molecule has 0 saturated carbocycles. The van der Waals surface area contributed by atoms with Crippen LogP contribution in [0.2, 0.25) is 0 Å². The number of hydrogen-bond donors (Lipinski definition) is 1. The van der Waals surface area contributed by atoms with Crippen LogP contribution in [0.15, 0.2) is 0 Å². The molecule has 0 aromatic carbocycles. The molecule has 1 saturated heterocycles. The van der Waals surface area contributed by atoms with Crippen LogP contribution in [0.5, 0.6) is 0 Å². The van der Waals surface area contributed by atoms with E-state index < -0.39 is 18.2 Å². The Morgan fingerprint density at radius 3 is 2.46 bits per heavy atom. The highest BCUT2D eigenvalue weighted by Gasteiger charge is 2.44. The lowest BCUT2D eigenvalue weighted by Crippen LogP contribution is -2.49. The monoisotopic (exact) mass is 196 g/mol. The molecule has 1 atom stereocenters. The van der Waals surface area contributed by atoms with Gasteiger partial charge in [-0.05, 0) is 13.0 Å². The second kappa shape index (κ2) is 3.53. The maximum Gasteiger partial charge on any atom is 0.487 e. The van der Waals surface area contributed by atoms with Gasteiger partial charge in [0.1, 0.15) is 0 Å². The highest BCUT2D eigenvalue weighted by molar-refractivity contribution is 5.74. The molecule has 6 heteroatoms. The smallest absolute Gasteiger partial charge is 0.315 e. The zero-order valence-electron chi connectivity index (χ0n) is 7.19. The fourth-order valence-corrected chi connectivity index (χ4v) is 1.50. The number of hydrogen-bond acceptors (Lipinski definition) is 2. The standard InChI is InChI=1S/C7H11F3N2O/c1-5(13)12(7(8,9)10)6-2-3-11-4-6/h6,11H,2-4H2,1H3/t6-/m0/s1. The Balaban J connectivity index is 2.72. The lowest BCUT2D eigenvalue weighted by Gasteiger charge is -2.28. The SMILES string of the molecule is CC(=O)N([C@H]1CCNC1)C(F)(F)F. The largest absolute Gasteiger partial charge is 0.487 e. The van der Waals surface area contributed by atoms with Gasteiger partial charge in [-0.3, -0.25) is 4.79 Å². The van der Waals surface area contributed by atoms with Crippen LogP contribution in [0, 0.1) is 0 Å². The molecule has 0 bridgehead atoms. The van der Waals surface area contributed by atoms with E-state index in [4.69, 9.17) is 0 Å². The average molecular weight is 196 g/mol. The molecule has 76 valence electrons. The first-order valence-corrected chi connectivity index (χ1v) is 4.00. The molecular formula is C7H11F3N2O. The van der Waals surface area contributed by atoms with Gasteiger partial charge in [0.2, 0.25) is 5.91 Å². The minimum Gasteiger partial charge on any atom is -0.315 e. The van der Waals surface area contributed by atoms with E-state index in [1.165, 1.54) is 0 Å². The van der Waals surface area contributed by atoms with Crippen molar-refractivity contribution in [3.05, 3.63) is 0 Å². The fourth-order valence-electron chi connectivity index (χ4n) is 1.50. The van der Waals surface area contributed by atoms with E-state index in [-0.39, 0.29) is 11.4 Å². The molecule has 0 spiro atoms. The molecule has 0 aliphatic carbocycles. The van der Waals surface area contributed by atoms with Crippen molar-refractivity contribution in [3.8, 4) is 0 Å². The average Bonchev–Trinajstić information content (AvgIpc) is 2.34. The van der Waals surface area contributed by atoms with Crippen LogP contribution in [0.3, 0.4) is 0 Å². The van der Waals surface area contributed by atoms with Gasteiger partial charge in [0.15, 0.2) is 0 Å². The van der Waals surface area contributed by atoms with E-state index >= 15 is 0 Å². The summed E-state index contributed by atoms with van der Waals surface area (Å²) in [5.74, 6) is -0.943. The van der Waals surface area contributed by atoms with Gasteiger partial charge >= 0.3 is 6.30 Å². The Bertz CT molecular complexity index is 198. The lowest BCUT2D eigenvalue weighted by molar-refractivity contribution is -0.248. The molecule has 0 aromatic heterocycles. The van der Waals surface area contributed by atoms with Gasteiger partial charge < -0.3 is 5.32 Å². The van der Waals surface area contributed by atoms with Crippen molar-refractivity contribution in [3.63, 3.8) is 0 Å². The lowest BCUT2D eigenvalue weighted by atomic mass is 10.2. The number of alkyl halides is 3. The van der Waals surface area contributed by atoms with Crippen LogP contribution in [-0.2, 0) is 4.79 Å². The highest BCUT2D eigenvalue weighted by atomic mass is 19.4. The van der Waals surface area contributed by atoms with Gasteiger partial charge in [0.05, 0.1) is 6.04 Å². The summed E-state index contributed by atoms with van der Waals surface area (Å²) in [5, 5.41) is 2.79. The van der Waals surface area contributed by atoms with Crippen molar-refractivity contribution in [2.75, 3.05) is 13.1 Å². The molecule has 3 nitrogen and oxygen atoms in total. The van der Waals surface area contributed by atoms with E-state index in [2.05, 4.69) is 5.32 Å². The van der Waals surface area contributed by atoms with Crippen LogP contribution >= 0.6 is 0 Å². The molecule has 13 heavy (non-hydrogen) atoms. The third-order valence-corrected chi connectivity index (χ3v) is 2.01. The third kappa shape index (κ3) is 2.33. The first-order chi connectivity index (χ1) is 5.93. The quantitative estimate of drug-likeness (QED) is 0.626. The van der Waals surface area contributed by atoms with Crippen LogP contribution in [0.25, 0.3) is 0 Å².